The third-order valence-electron chi connectivity index (χ3n) is 6.11. The summed E-state index contributed by atoms with van der Waals surface area (Å²) in [6, 6.07) is 22.3. The van der Waals surface area contributed by atoms with E-state index in [4.69, 9.17) is 9.47 Å². The van der Waals surface area contributed by atoms with Crippen LogP contribution in [0.25, 0.3) is 11.1 Å². The quantitative estimate of drug-likeness (QED) is 0.505. The molecule has 0 heterocycles. The minimum absolute atomic E-state index is 0.0151. The topological polar surface area (TPSA) is 76.0 Å². The maximum absolute atomic E-state index is 12.2. The first-order valence-electron chi connectivity index (χ1n) is 10.6. The predicted molar refractivity (Wildman–Crippen MR) is 123 cm³/mol. The van der Waals surface area contributed by atoms with E-state index in [2.05, 4.69) is 0 Å². The summed E-state index contributed by atoms with van der Waals surface area (Å²) >= 11 is 0. The number of ether oxygens (including phenoxy) is 2. The molecule has 1 aliphatic carbocycles. The van der Waals surface area contributed by atoms with Crippen LogP contribution in [0.3, 0.4) is 0 Å². The highest BCUT2D eigenvalue weighted by Crippen LogP contribution is 2.39. The zero-order valence-corrected chi connectivity index (χ0v) is 18.0. The Bertz CT molecular complexity index is 1080. The van der Waals surface area contributed by atoms with Crippen LogP contribution in [0.15, 0.2) is 84.9 Å². The van der Waals surface area contributed by atoms with Crippen molar-refractivity contribution in [3.8, 4) is 28.4 Å². The summed E-state index contributed by atoms with van der Waals surface area (Å²) in [5.74, 6) is -0.100. The molecule has 0 bridgehead atoms. The van der Waals surface area contributed by atoms with E-state index in [1.807, 2.05) is 79.7 Å². The maximum Gasteiger partial charge on any atom is 0.310 e. The number of phenolic OH excluding ortho intramolecular Hbond substituents is 1. The van der Waals surface area contributed by atoms with Gasteiger partial charge in [-0.3, -0.25) is 4.79 Å². The van der Waals surface area contributed by atoms with Crippen molar-refractivity contribution in [1.29, 1.82) is 0 Å². The van der Waals surface area contributed by atoms with Gasteiger partial charge < -0.3 is 19.7 Å². The Morgan fingerprint density at radius 1 is 0.812 bits per heavy atom. The number of hydrogen-bond acceptors (Lipinski definition) is 4. The Morgan fingerprint density at radius 2 is 1.38 bits per heavy atom. The molecule has 5 nitrogen and oxygen atoms in total. The molecule has 2 N–H and O–H groups in total. The van der Waals surface area contributed by atoms with E-state index in [-0.39, 0.29) is 17.6 Å². The molecular weight excluding hydrogens is 404 g/mol. The van der Waals surface area contributed by atoms with Gasteiger partial charge in [0.05, 0.1) is 7.11 Å². The SMILES string of the molecule is COc1ccc(C2C=CC(Oc3ccc(-c4ccc(O)cc4)cc3)C(C(=O)O)C2C)cc1. The van der Waals surface area contributed by atoms with Crippen LogP contribution in [0.1, 0.15) is 18.4 Å². The molecule has 0 amide bonds. The van der Waals surface area contributed by atoms with Gasteiger partial charge in [-0.15, -0.1) is 0 Å². The highest BCUT2D eigenvalue weighted by molar-refractivity contribution is 5.72. The van der Waals surface area contributed by atoms with Crippen molar-refractivity contribution in [2.45, 2.75) is 18.9 Å². The first-order valence-corrected chi connectivity index (χ1v) is 10.6. The lowest BCUT2D eigenvalue weighted by Gasteiger charge is -2.35. The summed E-state index contributed by atoms with van der Waals surface area (Å²) < 4.78 is 11.3. The summed E-state index contributed by atoms with van der Waals surface area (Å²) in [5.41, 5.74) is 3.02. The van der Waals surface area contributed by atoms with Gasteiger partial charge in [-0.05, 0) is 65.1 Å². The summed E-state index contributed by atoms with van der Waals surface area (Å²) in [6.45, 7) is 1.96. The van der Waals surface area contributed by atoms with E-state index in [9.17, 15) is 15.0 Å². The van der Waals surface area contributed by atoms with Gasteiger partial charge in [0.25, 0.3) is 0 Å². The maximum atomic E-state index is 12.2. The zero-order valence-electron chi connectivity index (χ0n) is 18.0. The fourth-order valence-electron chi connectivity index (χ4n) is 4.30. The Morgan fingerprint density at radius 3 is 1.94 bits per heavy atom. The number of carboxylic acids is 1. The van der Waals surface area contributed by atoms with Crippen LogP contribution >= 0.6 is 0 Å². The summed E-state index contributed by atoms with van der Waals surface area (Å²) in [7, 11) is 1.62. The van der Waals surface area contributed by atoms with E-state index in [1.54, 1.807) is 19.2 Å². The molecule has 0 aliphatic heterocycles. The van der Waals surface area contributed by atoms with Crippen LogP contribution < -0.4 is 9.47 Å². The highest BCUT2D eigenvalue weighted by Gasteiger charge is 2.40. The average Bonchev–Trinajstić information content (AvgIpc) is 2.80. The summed E-state index contributed by atoms with van der Waals surface area (Å²) in [5, 5.41) is 19.4. The number of carboxylic acid groups (broad SMARTS) is 1. The average molecular weight is 431 g/mol. The lowest BCUT2D eigenvalue weighted by Crippen LogP contribution is -2.40. The smallest absolute Gasteiger partial charge is 0.310 e. The van der Waals surface area contributed by atoms with E-state index in [0.717, 1.165) is 22.4 Å². The molecule has 4 unspecified atom stereocenters. The van der Waals surface area contributed by atoms with Crippen molar-refractivity contribution < 1.29 is 24.5 Å². The monoisotopic (exact) mass is 430 g/mol. The van der Waals surface area contributed by atoms with E-state index in [0.29, 0.717) is 5.75 Å². The first kappa shape index (κ1) is 21.5. The van der Waals surface area contributed by atoms with Crippen LogP contribution in [0.4, 0.5) is 0 Å². The van der Waals surface area contributed by atoms with Gasteiger partial charge in [0.15, 0.2) is 0 Å². The number of hydrogen-bond donors (Lipinski definition) is 2. The van der Waals surface area contributed by atoms with Crippen LogP contribution in [-0.4, -0.2) is 29.4 Å². The minimum atomic E-state index is -0.869. The molecule has 3 aromatic carbocycles. The molecule has 3 aromatic rings. The van der Waals surface area contributed by atoms with E-state index in [1.165, 1.54) is 0 Å². The molecule has 0 fully saturated rings. The van der Waals surface area contributed by atoms with Crippen molar-refractivity contribution in [3.63, 3.8) is 0 Å². The van der Waals surface area contributed by atoms with Crippen LogP contribution in [0, 0.1) is 11.8 Å². The van der Waals surface area contributed by atoms with Crippen LogP contribution in [0.5, 0.6) is 17.2 Å². The number of rotatable bonds is 6. The zero-order chi connectivity index (χ0) is 22.7. The Hall–Kier alpha value is -3.73. The van der Waals surface area contributed by atoms with Gasteiger partial charge in [0.2, 0.25) is 0 Å². The molecule has 4 rings (SSSR count). The standard InChI is InChI=1S/C27H26O5/c1-17-24(20-7-11-22(31-2)12-8-20)15-16-25(26(17)27(29)30)32-23-13-5-19(6-14-23)18-3-9-21(28)10-4-18/h3-17,24-26,28H,1-2H3,(H,29,30). The molecule has 164 valence electrons. The molecular formula is C27H26O5. The third kappa shape index (κ3) is 4.47. The molecule has 0 aromatic heterocycles. The van der Waals surface area contributed by atoms with Crippen molar-refractivity contribution in [2.75, 3.05) is 7.11 Å². The number of aromatic hydroxyl groups is 1. The Kier molecular flexibility index (Phi) is 6.17. The molecule has 0 spiro atoms. The van der Waals surface area contributed by atoms with Crippen molar-refractivity contribution in [3.05, 3.63) is 90.5 Å². The number of allylic oxidation sites excluding steroid dienone is 1. The summed E-state index contributed by atoms with van der Waals surface area (Å²) in [4.78, 5) is 12.2. The number of aliphatic carboxylic acids is 1. The van der Waals surface area contributed by atoms with Crippen molar-refractivity contribution in [1.82, 2.24) is 0 Å². The van der Waals surface area contributed by atoms with E-state index < -0.39 is 18.0 Å². The molecule has 0 saturated heterocycles. The second-order valence-corrected chi connectivity index (χ2v) is 8.06. The number of methoxy groups -OCH3 is 1. The number of carbonyl (C=O) groups is 1. The second kappa shape index (κ2) is 9.18. The Labute approximate surface area is 187 Å². The molecule has 0 saturated carbocycles. The second-order valence-electron chi connectivity index (χ2n) is 8.06. The molecule has 32 heavy (non-hydrogen) atoms. The number of benzene rings is 3. The number of phenols is 1. The van der Waals surface area contributed by atoms with Crippen molar-refractivity contribution in [2.24, 2.45) is 11.8 Å². The minimum Gasteiger partial charge on any atom is -0.508 e. The lowest BCUT2D eigenvalue weighted by atomic mass is 9.72. The molecule has 1 aliphatic rings. The van der Waals surface area contributed by atoms with Crippen LogP contribution in [-0.2, 0) is 4.79 Å². The normalized spacial score (nSPS) is 22.3. The fourth-order valence-corrected chi connectivity index (χ4v) is 4.30. The largest absolute Gasteiger partial charge is 0.508 e. The molecule has 4 atom stereocenters. The lowest BCUT2D eigenvalue weighted by molar-refractivity contribution is -0.146. The third-order valence-corrected chi connectivity index (χ3v) is 6.11. The Balaban J connectivity index is 1.53. The summed E-state index contributed by atoms with van der Waals surface area (Å²) in [6.07, 6.45) is 3.35. The van der Waals surface area contributed by atoms with Gasteiger partial charge in [-0.25, -0.2) is 0 Å². The van der Waals surface area contributed by atoms with Gasteiger partial charge in [-0.1, -0.05) is 49.4 Å². The van der Waals surface area contributed by atoms with Crippen molar-refractivity contribution >= 4 is 5.97 Å². The molecule has 5 heteroatoms. The van der Waals surface area contributed by atoms with E-state index >= 15 is 0 Å². The molecule has 0 radical (unpaired) electrons. The van der Waals surface area contributed by atoms with Gasteiger partial charge in [0.1, 0.15) is 29.3 Å². The van der Waals surface area contributed by atoms with Gasteiger partial charge in [-0.2, -0.15) is 0 Å². The first-order chi connectivity index (χ1) is 15.5. The van der Waals surface area contributed by atoms with Gasteiger partial charge in [0, 0.05) is 5.92 Å². The highest BCUT2D eigenvalue weighted by atomic mass is 16.5. The fraction of sp³-hybridized carbons (Fsp3) is 0.222. The predicted octanol–water partition coefficient (Wildman–Crippen LogP) is 5.51. The van der Waals surface area contributed by atoms with Crippen LogP contribution in [0.2, 0.25) is 0 Å². The van der Waals surface area contributed by atoms with Gasteiger partial charge >= 0.3 is 5.97 Å².